The van der Waals surface area contributed by atoms with Gasteiger partial charge < -0.3 is 14.4 Å². The van der Waals surface area contributed by atoms with E-state index in [0.29, 0.717) is 19.6 Å². The predicted octanol–water partition coefficient (Wildman–Crippen LogP) is 2.63. The molecule has 6 heteroatoms. The molecule has 0 aliphatic carbocycles. The monoisotopic (exact) mass is 318 g/mol. The lowest BCUT2D eigenvalue weighted by Gasteiger charge is -2.26. The standard InChI is InChI=1S/C17H22N2O4/c1-17(2,3)23-15(20)18-10-13-14(11-18)22-16(21)19(13)9-12-7-5-4-6-8-12/h4-8,13-14H,9-11H2,1-3H3/t13-,14-/m0/s1. The molecule has 23 heavy (non-hydrogen) atoms. The number of amides is 2. The Balaban J connectivity index is 1.66. The third-order valence-corrected chi connectivity index (χ3v) is 3.97. The summed E-state index contributed by atoms with van der Waals surface area (Å²) in [5.74, 6) is 0. The summed E-state index contributed by atoms with van der Waals surface area (Å²) in [6.45, 7) is 6.83. The molecule has 2 aliphatic rings. The molecule has 0 bridgehead atoms. The lowest BCUT2D eigenvalue weighted by molar-refractivity contribution is 0.0245. The first-order valence-electron chi connectivity index (χ1n) is 7.82. The van der Waals surface area contributed by atoms with Crippen molar-refractivity contribution in [2.24, 2.45) is 0 Å². The van der Waals surface area contributed by atoms with Crippen molar-refractivity contribution in [3.05, 3.63) is 35.9 Å². The SMILES string of the molecule is CC(C)(C)OC(=O)N1C[C@@H]2OC(=O)N(Cc3ccccc3)[C@H]2C1. The number of rotatable bonds is 2. The first-order valence-corrected chi connectivity index (χ1v) is 7.82. The Morgan fingerprint density at radius 3 is 2.61 bits per heavy atom. The Morgan fingerprint density at radius 2 is 1.96 bits per heavy atom. The topological polar surface area (TPSA) is 59.1 Å². The van der Waals surface area contributed by atoms with Crippen LogP contribution in [0.25, 0.3) is 0 Å². The number of hydrogen-bond acceptors (Lipinski definition) is 4. The second-order valence-corrected chi connectivity index (χ2v) is 6.99. The van der Waals surface area contributed by atoms with Crippen molar-refractivity contribution in [1.82, 2.24) is 9.80 Å². The molecule has 124 valence electrons. The highest BCUT2D eigenvalue weighted by Crippen LogP contribution is 2.29. The van der Waals surface area contributed by atoms with Crippen molar-refractivity contribution in [3.8, 4) is 0 Å². The molecule has 2 atom stereocenters. The summed E-state index contributed by atoms with van der Waals surface area (Å²) in [7, 11) is 0. The molecule has 2 amide bonds. The van der Waals surface area contributed by atoms with E-state index in [1.54, 1.807) is 9.80 Å². The molecule has 0 aromatic heterocycles. The van der Waals surface area contributed by atoms with E-state index in [4.69, 9.17) is 9.47 Å². The van der Waals surface area contributed by atoms with Crippen LogP contribution in [0.1, 0.15) is 26.3 Å². The summed E-state index contributed by atoms with van der Waals surface area (Å²) >= 11 is 0. The number of ether oxygens (including phenoxy) is 2. The smallest absolute Gasteiger partial charge is 0.410 e. The molecule has 1 aromatic rings. The fraction of sp³-hybridized carbons (Fsp3) is 0.529. The van der Waals surface area contributed by atoms with Gasteiger partial charge in [-0.2, -0.15) is 0 Å². The Labute approximate surface area is 136 Å². The molecule has 0 spiro atoms. The van der Waals surface area contributed by atoms with E-state index in [1.165, 1.54) is 0 Å². The van der Waals surface area contributed by atoms with E-state index in [-0.39, 0.29) is 24.3 Å². The first-order chi connectivity index (χ1) is 10.8. The summed E-state index contributed by atoms with van der Waals surface area (Å²) in [6, 6.07) is 9.65. The van der Waals surface area contributed by atoms with E-state index in [2.05, 4.69) is 0 Å². The Bertz CT molecular complexity index is 596. The van der Waals surface area contributed by atoms with Gasteiger partial charge in [-0.05, 0) is 26.3 Å². The minimum atomic E-state index is -0.533. The van der Waals surface area contributed by atoms with Gasteiger partial charge in [-0.25, -0.2) is 9.59 Å². The molecule has 3 rings (SSSR count). The van der Waals surface area contributed by atoms with Gasteiger partial charge in [0, 0.05) is 13.1 Å². The number of carbonyl (C=O) groups is 2. The highest BCUT2D eigenvalue weighted by Gasteiger charge is 2.49. The number of likely N-dealkylation sites (tertiary alicyclic amines) is 1. The van der Waals surface area contributed by atoms with Crippen LogP contribution >= 0.6 is 0 Å². The average Bonchev–Trinajstić information content (AvgIpc) is 2.98. The number of nitrogens with zero attached hydrogens (tertiary/aromatic N) is 2. The minimum absolute atomic E-state index is 0.116. The van der Waals surface area contributed by atoms with Crippen molar-refractivity contribution in [2.75, 3.05) is 13.1 Å². The van der Waals surface area contributed by atoms with Gasteiger partial charge in [0.05, 0.1) is 12.6 Å². The zero-order valence-electron chi connectivity index (χ0n) is 13.7. The zero-order chi connectivity index (χ0) is 16.6. The number of hydrogen-bond donors (Lipinski definition) is 0. The fourth-order valence-electron chi connectivity index (χ4n) is 2.94. The fourth-order valence-corrected chi connectivity index (χ4v) is 2.94. The quantitative estimate of drug-likeness (QED) is 0.841. The van der Waals surface area contributed by atoms with Crippen molar-refractivity contribution < 1.29 is 19.1 Å². The number of carbonyl (C=O) groups excluding carboxylic acids is 2. The van der Waals surface area contributed by atoms with Crippen molar-refractivity contribution >= 4 is 12.2 Å². The predicted molar refractivity (Wildman–Crippen MR) is 83.8 cm³/mol. The maximum atomic E-state index is 12.2. The van der Waals surface area contributed by atoms with Crippen LogP contribution in [-0.2, 0) is 16.0 Å². The summed E-state index contributed by atoms with van der Waals surface area (Å²) in [6.07, 6.45) is -0.950. The van der Waals surface area contributed by atoms with Crippen LogP contribution < -0.4 is 0 Å². The maximum Gasteiger partial charge on any atom is 0.410 e. The van der Waals surface area contributed by atoms with Gasteiger partial charge in [-0.1, -0.05) is 30.3 Å². The van der Waals surface area contributed by atoms with E-state index in [0.717, 1.165) is 5.56 Å². The van der Waals surface area contributed by atoms with Crippen molar-refractivity contribution in [3.63, 3.8) is 0 Å². The Hall–Kier alpha value is -2.24. The second kappa shape index (κ2) is 5.76. The molecule has 0 N–H and O–H groups in total. The molecular formula is C17H22N2O4. The van der Waals surface area contributed by atoms with Crippen LogP contribution in [0.3, 0.4) is 0 Å². The number of fused-ring (bicyclic) bond motifs is 1. The average molecular weight is 318 g/mol. The van der Waals surface area contributed by atoms with E-state index >= 15 is 0 Å². The van der Waals surface area contributed by atoms with Crippen LogP contribution in [-0.4, -0.2) is 52.8 Å². The van der Waals surface area contributed by atoms with Crippen LogP contribution in [0.2, 0.25) is 0 Å². The molecule has 6 nitrogen and oxygen atoms in total. The van der Waals surface area contributed by atoms with Gasteiger partial charge in [-0.3, -0.25) is 4.90 Å². The van der Waals surface area contributed by atoms with E-state index in [1.807, 2.05) is 51.1 Å². The van der Waals surface area contributed by atoms with Crippen LogP contribution in [0.15, 0.2) is 30.3 Å². The Morgan fingerprint density at radius 1 is 1.26 bits per heavy atom. The lowest BCUT2D eigenvalue weighted by atomic mass is 10.1. The third kappa shape index (κ3) is 3.41. The highest BCUT2D eigenvalue weighted by atomic mass is 16.6. The molecule has 2 aliphatic heterocycles. The van der Waals surface area contributed by atoms with Crippen molar-refractivity contribution in [2.45, 2.75) is 45.1 Å². The Kier molecular flexibility index (Phi) is 3.92. The third-order valence-electron chi connectivity index (χ3n) is 3.97. The van der Waals surface area contributed by atoms with Gasteiger partial charge in [0.2, 0.25) is 0 Å². The summed E-state index contributed by atoms with van der Waals surface area (Å²) < 4.78 is 10.8. The highest BCUT2D eigenvalue weighted by molar-refractivity contribution is 5.73. The lowest BCUT2D eigenvalue weighted by Crippen LogP contribution is -2.40. The van der Waals surface area contributed by atoms with E-state index in [9.17, 15) is 9.59 Å². The largest absolute Gasteiger partial charge is 0.444 e. The van der Waals surface area contributed by atoms with Crippen LogP contribution in [0, 0.1) is 0 Å². The molecular weight excluding hydrogens is 296 g/mol. The first kappa shape index (κ1) is 15.6. The normalized spacial score (nSPS) is 23.7. The zero-order valence-corrected chi connectivity index (χ0v) is 13.7. The molecule has 0 radical (unpaired) electrons. The summed E-state index contributed by atoms with van der Waals surface area (Å²) in [5, 5.41) is 0. The summed E-state index contributed by atoms with van der Waals surface area (Å²) in [4.78, 5) is 27.6. The molecule has 2 heterocycles. The minimum Gasteiger partial charge on any atom is -0.444 e. The van der Waals surface area contributed by atoms with Crippen molar-refractivity contribution in [1.29, 1.82) is 0 Å². The second-order valence-electron chi connectivity index (χ2n) is 6.99. The van der Waals surface area contributed by atoms with Crippen LogP contribution in [0.5, 0.6) is 0 Å². The van der Waals surface area contributed by atoms with Gasteiger partial charge in [0.15, 0.2) is 0 Å². The molecule has 1 aromatic carbocycles. The maximum absolute atomic E-state index is 12.2. The van der Waals surface area contributed by atoms with Gasteiger partial charge >= 0.3 is 12.2 Å². The molecule has 2 fully saturated rings. The molecule has 2 saturated heterocycles. The molecule has 0 unspecified atom stereocenters. The van der Waals surface area contributed by atoms with E-state index < -0.39 is 5.60 Å². The van der Waals surface area contributed by atoms with Gasteiger partial charge in [0.25, 0.3) is 0 Å². The number of benzene rings is 1. The van der Waals surface area contributed by atoms with Crippen LogP contribution in [0.4, 0.5) is 9.59 Å². The van der Waals surface area contributed by atoms with Gasteiger partial charge in [-0.15, -0.1) is 0 Å². The van der Waals surface area contributed by atoms with Gasteiger partial charge in [0.1, 0.15) is 11.7 Å². The summed E-state index contributed by atoms with van der Waals surface area (Å²) in [5.41, 5.74) is 0.510. The molecule has 0 saturated carbocycles.